The molecule has 23 heavy (non-hydrogen) atoms. The lowest BCUT2D eigenvalue weighted by atomic mass is 9.93. The van der Waals surface area contributed by atoms with Crippen molar-refractivity contribution >= 4 is 5.95 Å². The van der Waals surface area contributed by atoms with Crippen LogP contribution in [0.5, 0.6) is 0 Å². The van der Waals surface area contributed by atoms with E-state index in [1.54, 1.807) is 12.4 Å². The second-order valence-electron chi connectivity index (χ2n) is 5.85. The molecular weight excluding hydrogens is 286 g/mol. The molecule has 0 fully saturated rings. The SMILES string of the molecule is c1ccc(Cn2ncc3c2CCC[C@@H]3Nc2ncccn2)cc1. The predicted octanol–water partition coefficient (Wildman–Crippen LogP) is 3.21. The molecule has 0 radical (unpaired) electrons. The third-order valence-corrected chi connectivity index (χ3v) is 4.31. The lowest BCUT2D eigenvalue weighted by Crippen LogP contribution is -2.19. The molecule has 1 atom stereocenters. The van der Waals surface area contributed by atoms with Crippen LogP contribution in [0.15, 0.2) is 55.0 Å². The van der Waals surface area contributed by atoms with E-state index in [1.165, 1.54) is 16.8 Å². The van der Waals surface area contributed by atoms with Gasteiger partial charge in [0.15, 0.2) is 0 Å². The van der Waals surface area contributed by atoms with E-state index in [-0.39, 0.29) is 6.04 Å². The maximum atomic E-state index is 4.62. The van der Waals surface area contributed by atoms with Crippen molar-refractivity contribution in [3.8, 4) is 0 Å². The molecule has 0 unspecified atom stereocenters. The van der Waals surface area contributed by atoms with Gasteiger partial charge in [0.05, 0.1) is 18.8 Å². The molecule has 116 valence electrons. The van der Waals surface area contributed by atoms with Gasteiger partial charge in [-0.3, -0.25) is 4.68 Å². The molecule has 0 aliphatic heterocycles. The molecule has 3 aromatic rings. The number of hydrogen-bond donors (Lipinski definition) is 1. The Hall–Kier alpha value is -2.69. The molecule has 0 saturated carbocycles. The van der Waals surface area contributed by atoms with Crippen LogP contribution in [0.3, 0.4) is 0 Å². The lowest BCUT2D eigenvalue weighted by molar-refractivity contribution is 0.554. The number of hydrogen-bond acceptors (Lipinski definition) is 4. The molecule has 5 heteroatoms. The van der Waals surface area contributed by atoms with Gasteiger partial charge in [-0.25, -0.2) is 9.97 Å². The maximum absolute atomic E-state index is 4.62. The fraction of sp³-hybridized carbons (Fsp3) is 0.278. The average molecular weight is 305 g/mol. The average Bonchev–Trinajstić information content (AvgIpc) is 3.01. The molecule has 2 aromatic heterocycles. The lowest BCUT2D eigenvalue weighted by Gasteiger charge is -2.24. The van der Waals surface area contributed by atoms with Crippen molar-refractivity contribution in [2.24, 2.45) is 0 Å². The Bertz CT molecular complexity index is 767. The highest BCUT2D eigenvalue weighted by Gasteiger charge is 2.24. The van der Waals surface area contributed by atoms with Gasteiger partial charge in [0.1, 0.15) is 0 Å². The van der Waals surface area contributed by atoms with Gasteiger partial charge in [-0.15, -0.1) is 0 Å². The van der Waals surface area contributed by atoms with Crippen LogP contribution in [-0.4, -0.2) is 19.7 Å². The zero-order chi connectivity index (χ0) is 15.5. The molecular formula is C18H19N5. The topological polar surface area (TPSA) is 55.6 Å². The summed E-state index contributed by atoms with van der Waals surface area (Å²) in [6.45, 7) is 0.824. The van der Waals surface area contributed by atoms with E-state index in [4.69, 9.17) is 0 Å². The van der Waals surface area contributed by atoms with Gasteiger partial charge < -0.3 is 5.32 Å². The Kier molecular flexibility index (Phi) is 3.76. The summed E-state index contributed by atoms with van der Waals surface area (Å²) in [5, 5.41) is 8.06. The third kappa shape index (κ3) is 2.95. The van der Waals surface area contributed by atoms with Crippen molar-refractivity contribution in [2.45, 2.75) is 31.8 Å². The Morgan fingerprint density at radius 1 is 1.09 bits per heavy atom. The van der Waals surface area contributed by atoms with Crippen LogP contribution >= 0.6 is 0 Å². The molecule has 4 rings (SSSR count). The molecule has 0 saturated heterocycles. The molecule has 1 aromatic carbocycles. The zero-order valence-electron chi connectivity index (χ0n) is 12.9. The van der Waals surface area contributed by atoms with E-state index in [2.05, 4.69) is 49.3 Å². The van der Waals surface area contributed by atoms with E-state index in [1.807, 2.05) is 18.3 Å². The van der Waals surface area contributed by atoms with Crippen molar-refractivity contribution in [3.63, 3.8) is 0 Å². The van der Waals surface area contributed by atoms with Gasteiger partial charge in [-0.05, 0) is 30.9 Å². The first-order chi connectivity index (χ1) is 11.4. The van der Waals surface area contributed by atoms with Gasteiger partial charge in [0, 0.05) is 23.7 Å². The summed E-state index contributed by atoms with van der Waals surface area (Å²) in [5.74, 6) is 0.682. The van der Waals surface area contributed by atoms with Crippen LogP contribution in [0, 0.1) is 0 Å². The van der Waals surface area contributed by atoms with Crippen molar-refractivity contribution < 1.29 is 0 Å². The molecule has 5 nitrogen and oxygen atoms in total. The molecule has 1 aliphatic rings. The third-order valence-electron chi connectivity index (χ3n) is 4.31. The fourth-order valence-corrected chi connectivity index (χ4v) is 3.19. The summed E-state index contributed by atoms with van der Waals surface area (Å²) in [5.41, 5.74) is 3.88. The maximum Gasteiger partial charge on any atom is 0.223 e. The second kappa shape index (κ2) is 6.20. The number of aromatic nitrogens is 4. The quantitative estimate of drug-likeness (QED) is 0.804. The summed E-state index contributed by atoms with van der Waals surface area (Å²) in [6.07, 6.45) is 8.84. The Morgan fingerprint density at radius 3 is 2.74 bits per heavy atom. The smallest absolute Gasteiger partial charge is 0.223 e. The van der Waals surface area contributed by atoms with Crippen LogP contribution in [-0.2, 0) is 13.0 Å². The highest BCUT2D eigenvalue weighted by atomic mass is 15.3. The first kappa shape index (κ1) is 13.9. The first-order valence-electron chi connectivity index (χ1n) is 8.02. The zero-order valence-corrected chi connectivity index (χ0v) is 12.9. The fourth-order valence-electron chi connectivity index (χ4n) is 3.19. The van der Waals surface area contributed by atoms with E-state index in [9.17, 15) is 0 Å². The highest BCUT2D eigenvalue weighted by Crippen LogP contribution is 2.31. The summed E-state index contributed by atoms with van der Waals surface area (Å²) in [7, 11) is 0. The van der Waals surface area contributed by atoms with Gasteiger partial charge in [-0.1, -0.05) is 30.3 Å². The van der Waals surface area contributed by atoms with E-state index >= 15 is 0 Å². The minimum absolute atomic E-state index is 0.241. The number of anilines is 1. The molecule has 1 aliphatic carbocycles. The van der Waals surface area contributed by atoms with Crippen molar-refractivity contribution in [2.75, 3.05) is 5.32 Å². The molecule has 2 heterocycles. The van der Waals surface area contributed by atoms with Crippen LogP contribution in [0.1, 0.15) is 35.7 Å². The largest absolute Gasteiger partial charge is 0.347 e. The Morgan fingerprint density at radius 2 is 1.91 bits per heavy atom. The summed E-state index contributed by atoms with van der Waals surface area (Å²) in [6, 6.07) is 12.5. The van der Waals surface area contributed by atoms with Crippen molar-refractivity contribution in [3.05, 3.63) is 71.8 Å². The van der Waals surface area contributed by atoms with E-state index in [0.717, 1.165) is 25.8 Å². The Balaban J connectivity index is 1.57. The Labute approximate surface area is 135 Å². The second-order valence-corrected chi connectivity index (χ2v) is 5.85. The number of fused-ring (bicyclic) bond motifs is 1. The van der Waals surface area contributed by atoms with E-state index in [0.29, 0.717) is 5.95 Å². The van der Waals surface area contributed by atoms with Crippen LogP contribution < -0.4 is 5.32 Å². The first-order valence-corrected chi connectivity index (χ1v) is 8.02. The van der Waals surface area contributed by atoms with Crippen LogP contribution in [0.4, 0.5) is 5.95 Å². The van der Waals surface area contributed by atoms with Crippen molar-refractivity contribution in [1.29, 1.82) is 0 Å². The summed E-state index contributed by atoms with van der Waals surface area (Å²) < 4.78 is 2.13. The van der Waals surface area contributed by atoms with Gasteiger partial charge in [-0.2, -0.15) is 5.10 Å². The normalized spacial score (nSPS) is 16.8. The minimum atomic E-state index is 0.241. The van der Waals surface area contributed by atoms with Gasteiger partial charge in [0.2, 0.25) is 5.95 Å². The molecule has 0 amide bonds. The molecule has 1 N–H and O–H groups in total. The van der Waals surface area contributed by atoms with Crippen molar-refractivity contribution in [1.82, 2.24) is 19.7 Å². The van der Waals surface area contributed by atoms with Crippen LogP contribution in [0.25, 0.3) is 0 Å². The summed E-state index contributed by atoms with van der Waals surface area (Å²) in [4.78, 5) is 8.54. The van der Waals surface area contributed by atoms with Gasteiger partial charge in [0.25, 0.3) is 0 Å². The monoisotopic (exact) mass is 305 g/mol. The highest BCUT2D eigenvalue weighted by molar-refractivity contribution is 5.35. The number of benzene rings is 1. The summed E-state index contributed by atoms with van der Waals surface area (Å²) >= 11 is 0. The van der Waals surface area contributed by atoms with Gasteiger partial charge >= 0.3 is 0 Å². The molecule has 0 bridgehead atoms. The number of nitrogens with one attached hydrogen (secondary N) is 1. The standard InChI is InChI=1S/C18H19N5/c1-2-6-14(7-3-1)13-23-17-9-4-8-16(15(17)12-21-23)22-18-19-10-5-11-20-18/h1-3,5-7,10-12,16H,4,8-9,13H2,(H,19,20,22)/t16-/m0/s1. The van der Waals surface area contributed by atoms with E-state index < -0.39 is 0 Å². The van der Waals surface area contributed by atoms with Crippen LogP contribution in [0.2, 0.25) is 0 Å². The number of rotatable bonds is 4. The predicted molar refractivity (Wildman–Crippen MR) is 89.1 cm³/mol. The number of nitrogens with zero attached hydrogens (tertiary/aromatic N) is 4. The molecule has 0 spiro atoms. The minimum Gasteiger partial charge on any atom is -0.347 e.